The van der Waals surface area contributed by atoms with Crippen LogP contribution in [0.1, 0.15) is 83.6 Å². The molecule has 0 saturated carbocycles. The van der Waals surface area contributed by atoms with Gasteiger partial charge < -0.3 is 25.1 Å². The van der Waals surface area contributed by atoms with Gasteiger partial charge in [-0.3, -0.25) is 4.79 Å². The largest absolute Gasteiger partial charge is 0.465 e. The van der Waals surface area contributed by atoms with Crippen molar-refractivity contribution in [2.24, 2.45) is 11.7 Å². The predicted octanol–water partition coefficient (Wildman–Crippen LogP) is 6.15. The molecule has 0 unspecified atom stereocenters. The van der Waals surface area contributed by atoms with Crippen molar-refractivity contribution in [2.45, 2.75) is 97.2 Å². The Kier molecular flexibility index (Phi) is 8.88. The van der Waals surface area contributed by atoms with E-state index in [4.69, 9.17) is 15.2 Å². The van der Waals surface area contributed by atoms with Gasteiger partial charge in [-0.25, -0.2) is 4.79 Å². The maximum absolute atomic E-state index is 13.6. The van der Waals surface area contributed by atoms with Crippen molar-refractivity contribution in [3.63, 3.8) is 0 Å². The Labute approximate surface area is 244 Å². The second-order valence-electron chi connectivity index (χ2n) is 13.1. The number of nitrogens with two attached hydrogens (primary N) is 1. The third-order valence-corrected chi connectivity index (χ3v) is 8.72. The fourth-order valence-electron chi connectivity index (χ4n) is 6.34. The average molecular weight is 562 g/mol. The normalized spacial score (nSPS) is 17.1. The molecule has 1 heterocycles. The minimum absolute atomic E-state index is 0.0111. The van der Waals surface area contributed by atoms with Crippen LogP contribution in [0.15, 0.2) is 42.6 Å². The molecule has 222 valence electrons. The zero-order chi connectivity index (χ0) is 30.1. The minimum Gasteiger partial charge on any atom is -0.465 e. The lowest BCUT2D eigenvalue weighted by molar-refractivity contribution is -0.147. The Morgan fingerprint density at radius 2 is 1.68 bits per heavy atom. The summed E-state index contributed by atoms with van der Waals surface area (Å²) in [4.78, 5) is 31.8. The lowest BCUT2D eigenvalue weighted by atomic mass is 9.62. The summed E-state index contributed by atoms with van der Waals surface area (Å²) in [5.41, 5.74) is 12.7. The van der Waals surface area contributed by atoms with Gasteiger partial charge in [-0.2, -0.15) is 0 Å². The van der Waals surface area contributed by atoms with Crippen LogP contribution in [0.25, 0.3) is 10.9 Å². The van der Waals surface area contributed by atoms with Crippen LogP contribution >= 0.6 is 0 Å². The lowest BCUT2D eigenvalue weighted by Gasteiger charge is -2.43. The highest BCUT2D eigenvalue weighted by Gasteiger charge is 2.41. The molecule has 0 spiro atoms. The number of hydrogen-bond donors (Lipinski definition) is 2. The summed E-state index contributed by atoms with van der Waals surface area (Å²) in [6.45, 7) is 15.6. The number of fused-ring (bicyclic) bond motifs is 3. The molecule has 0 fully saturated rings. The minimum atomic E-state index is -0.788. The van der Waals surface area contributed by atoms with Gasteiger partial charge in [0.1, 0.15) is 18.7 Å². The molecule has 4 rings (SSSR count). The van der Waals surface area contributed by atoms with Crippen molar-refractivity contribution in [2.75, 3.05) is 18.6 Å². The topological polar surface area (TPSA) is 97.6 Å². The van der Waals surface area contributed by atoms with Gasteiger partial charge in [0.25, 0.3) is 0 Å². The molecule has 0 aliphatic heterocycles. The van der Waals surface area contributed by atoms with Gasteiger partial charge in [0.05, 0.1) is 12.1 Å². The number of likely N-dealkylation sites (N-methyl/N-ethyl adjacent to an activating group) is 1. The molecular formula is C34H47N3O4. The van der Waals surface area contributed by atoms with Gasteiger partial charge in [0, 0.05) is 30.7 Å². The van der Waals surface area contributed by atoms with Crippen molar-refractivity contribution in [1.29, 1.82) is 0 Å². The van der Waals surface area contributed by atoms with Crippen molar-refractivity contribution in [3.8, 4) is 0 Å². The molecule has 3 N–H and O–H groups in total. The number of aromatic nitrogens is 1. The highest BCUT2D eigenvalue weighted by molar-refractivity contribution is 6.01. The van der Waals surface area contributed by atoms with Crippen LogP contribution in [0.2, 0.25) is 0 Å². The Hall–Kier alpha value is -3.32. The van der Waals surface area contributed by atoms with E-state index >= 15 is 0 Å². The lowest BCUT2D eigenvalue weighted by Crippen LogP contribution is -2.44. The zero-order valence-corrected chi connectivity index (χ0v) is 26.0. The van der Waals surface area contributed by atoms with E-state index in [0.717, 1.165) is 40.6 Å². The first-order chi connectivity index (χ1) is 19.3. The van der Waals surface area contributed by atoms with E-state index in [1.807, 2.05) is 57.4 Å². The summed E-state index contributed by atoms with van der Waals surface area (Å²) in [5, 5.41) is 0.998. The zero-order valence-electron chi connectivity index (χ0n) is 26.0. The number of carbonyl (C=O) groups excluding carboxylic acids is 2. The molecule has 7 nitrogen and oxygen atoms in total. The smallest absolute Gasteiger partial charge is 0.329 e. The number of hydrogen-bond acceptors (Lipinski definition) is 6. The molecule has 7 heteroatoms. The van der Waals surface area contributed by atoms with Crippen LogP contribution in [0, 0.1) is 5.92 Å². The van der Waals surface area contributed by atoms with Crippen LogP contribution in [0.3, 0.4) is 0 Å². The molecule has 1 aromatic heterocycles. The van der Waals surface area contributed by atoms with Crippen LogP contribution in [0.5, 0.6) is 0 Å². The van der Waals surface area contributed by atoms with Crippen LogP contribution in [0.4, 0.5) is 5.69 Å². The maximum atomic E-state index is 13.6. The summed E-state index contributed by atoms with van der Waals surface area (Å²) in [7, 11) is 1.97. The Bertz CT molecular complexity index is 1390. The van der Waals surface area contributed by atoms with Gasteiger partial charge in [-0.15, -0.1) is 0 Å². The SMILES string of the molecule is CCOC(=O)[C@H](N)Cc1c[nH]c2c3c(cc(N(C)[C@H](C(=O)OCc4ccccc4)C(C)C)c12)C(C)(C)CCC3(C)C. The van der Waals surface area contributed by atoms with Crippen LogP contribution in [-0.2, 0) is 42.9 Å². The second-order valence-corrected chi connectivity index (χ2v) is 13.1. The van der Waals surface area contributed by atoms with Crippen molar-refractivity contribution < 1.29 is 19.1 Å². The van der Waals surface area contributed by atoms with Gasteiger partial charge >= 0.3 is 11.9 Å². The first kappa shape index (κ1) is 30.6. The van der Waals surface area contributed by atoms with E-state index in [1.165, 1.54) is 11.1 Å². The summed E-state index contributed by atoms with van der Waals surface area (Å²) in [6.07, 6.45) is 4.42. The van der Waals surface area contributed by atoms with Crippen LogP contribution in [-0.4, -0.2) is 42.7 Å². The number of benzene rings is 2. The summed E-state index contributed by atoms with van der Waals surface area (Å²) in [5.74, 6) is -0.694. The van der Waals surface area contributed by atoms with Crippen molar-refractivity contribution >= 4 is 28.5 Å². The fraction of sp³-hybridized carbons (Fsp3) is 0.529. The molecule has 0 radical (unpaired) electrons. The third-order valence-electron chi connectivity index (χ3n) is 8.72. The molecule has 1 aliphatic rings. The van der Waals surface area contributed by atoms with E-state index in [9.17, 15) is 9.59 Å². The maximum Gasteiger partial charge on any atom is 0.329 e. The first-order valence-corrected chi connectivity index (χ1v) is 14.8. The van der Waals surface area contributed by atoms with Gasteiger partial charge in [-0.1, -0.05) is 71.9 Å². The van der Waals surface area contributed by atoms with E-state index in [-0.39, 0.29) is 35.9 Å². The molecule has 2 atom stereocenters. The molecule has 1 aliphatic carbocycles. The Morgan fingerprint density at radius 1 is 1.02 bits per heavy atom. The quantitative estimate of drug-likeness (QED) is 0.288. The summed E-state index contributed by atoms with van der Waals surface area (Å²) >= 11 is 0. The number of carbonyl (C=O) groups is 2. The average Bonchev–Trinajstić information content (AvgIpc) is 3.33. The number of esters is 2. The first-order valence-electron chi connectivity index (χ1n) is 14.8. The molecule has 2 aromatic carbocycles. The number of H-pyrrole nitrogens is 1. The number of ether oxygens (including phenoxy) is 2. The van der Waals surface area contributed by atoms with E-state index in [0.29, 0.717) is 6.42 Å². The van der Waals surface area contributed by atoms with Gasteiger partial charge in [-0.05, 0) is 64.8 Å². The van der Waals surface area contributed by atoms with E-state index in [2.05, 4.69) is 43.6 Å². The van der Waals surface area contributed by atoms with Gasteiger partial charge in [0.15, 0.2) is 0 Å². The molecule has 41 heavy (non-hydrogen) atoms. The highest BCUT2D eigenvalue weighted by atomic mass is 16.5. The summed E-state index contributed by atoms with van der Waals surface area (Å²) < 4.78 is 11.1. The van der Waals surface area contributed by atoms with E-state index in [1.54, 1.807) is 6.92 Å². The molecule has 0 amide bonds. The fourth-order valence-corrected chi connectivity index (χ4v) is 6.34. The van der Waals surface area contributed by atoms with Crippen molar-refractivity contribution in [3.05, 3.63) is 64.8 Å². The predicted molar refractivity (Wildman–Crippen MR) is 165 cm³/mol. The number of anilines is 1. The number of nitrogens with zero attached hydrogens (tertiary/aromatic N) is 1. The molecule has 0 bridgehead atoms. The molecule has 3 aromatic rings. The standard InChI is InChI=1S/C34H47N3O4/c1-9-40-31(38)25(35)17-23-19-36-29-27(23)26(18-24-28(29)34(6,7)16-15-33(24,4)5)37(8)30(21(2)3)32(39)41-20-22-13-11-10-12-14-22/h10-14,18-19,21,25,30,36H,9,15-17,20,35H2,1-8H3/t25-,30+/m1/s1. The second kappa shape index (κ2) is 11.9. The van der Waals surface area contributed by atoms with Gasteiger partial charge in [0.2, 0.25) is 0 Å². The monoisotopic (exact) mass is 561 g/mol. The molecular weight excluding hydrogens is 514 g/mol. The summed E-state index contributed by atoms with van der Waals surface area (Å²) in [6, 6.07) is 10.7. The van der Waals surface area contributed by atoms with E-state index < -0.39 is 18.1 Å². The number of aromatic amines is 1. The molecule has 0 saturated heterocycles. The van der Waals surface area contributed by atoms with Crippen LogP contribution < -0.4 is 10.6 Å². The third kappa shape index (κ3) is 6.15. The van der Waals surface area contributed by atoms with Crippen molar-refractivity contribution in [1.82, 2.24) is 4.98 Å². The Balaban J connectivity index is 1.84. The number of rotatable bonds is 10. The highest BCUT2D eigenvalue weighted by Crippen LogP contribution is 2.51. The Morgan fingerprint density at radius 3 is 2.32 bits per heavy atom. The number of nitrogens with one attached hydrogen (secondary N) is 1.